The van der Waals surface area contributed by atoms with Crippen molar-refractivity contribution in [2.75, 3.05) is 25.6 Å². The molecule has 9 heteroatoms. The molecule has 1 aliphatic heterocycles. The number of nitrogens with two attached hydrogens (primary N) is 1. The molecule has 1 aromatic heterocycles. The SMILES string of the molecule is CN(C)C(=O)CSc1nc(N)nc(-c2c(Cl)cc3c4c(cccc24)COC3)n1. The lowest BCUT2D eigenvalue weighted by atomic mass is 9.94. The first-order chi connectivity index (χ1) is 13.4. The van der Waals surface area contributed by atoms with Crippen LogP contribution in [0.15, 0.2) is 29.4 Å². The largest absolute Gasteiger partial charge is 0.372 e. The maximum atomic E-state index is 11.9. The molecule has 28 heavy (non-hydrogen) atoms. The van der Waals surface area contributed by atoms with Crippen LogP contribution in [0.4, 0.5) is 5.95 Å². The Labute approximate surface area is 171 Å². The van der Waals surface area contributed by atoms with Gasteiger partial charge in [-0.15, -0.1) is 0 Å². The van der Waals surface area contributed by atoms with E-state index in [0.29, 0.717) is 34.8 Å². The molecule has 0 spiro atoms. The van der Waals surface area contributed by atoms with Crippen LogP contribution >= 0.6 is 23.4 Å². The number of amides is 1. The third kappa shape index (κ3) is 3.50. The number of hydrogen-bond acceptors (Lipinski definition) is 7. The zero-order chi connectivity index (χ0) is 19.8. The first-order valence-corrected chi connectivity index (χ1v) is 9.96. The molecule has 1 amide bonds. The molecule has 0 atom stereocenters. The second-order valence-electron chi connectivity index (χ2n) is 6.60. The Morgan fingerprint density at radius 2 is 2.04 bits per heavy atom. The Balaban J connectivity index is 1.82. The molecular formula is C19H18ClN5O2S. The summed E-state index contributed by atoms with van der Waals surface area (Å²) in [5, 5.41) is 2.98. The van der Waals surface area contributed by atoms with Crippen molar-refractivity contribution in [3.05, 3.63) is 40.4 Å². The van der Waals surface area contributed by atoms with Crippen LogP contribution in [0.25, 0.3) is 22.2 Å². The second kappa shape index (κ2) is 7.54. The van der Waals surface area contributed by atoms with Crippen LogP contribution in [0.3, 0.4) is 0 Å². The van der Waals surface area contributed by atoms with Crippen molar-refractivity contribution in [3.63, 3.8) is 0 Å². The lowest BCUT2D eigenvalue weighted by molar-refractivity contribution is -0.125. The predicted molar refractivity (Wildman–Crippen MR) is 110 cm³/mol. The molecule has 0 bridgehead atoms. The van der Waals surface area contributed by atoms with Crippen molar-refractivity contribution in [3.8, 4) is 11.4 Å². The monoisotopic (exact) mass is 415 g/mol. The number of ether oxygens (including phenoxy) is 1. The summed E-state index contributed by atoms with van der Waals surface area (Å²) >= 11 is 7.82. The maximum absolute atomic E-state index is 11.9. The van der Waals surface area contributed by atoms with E-state index in [9.17, 15) is 4.79 Å². The van der Waals surface area contributed by atoms with E-state index in [4.69, 9.17) is 22.1 Å². The van der Waals surface area contributed by atoms with E-state index in [2.05, 4.69) is 15.0 Å². The molecule has 0 fully saturated rings. The summed E-state index contributed by atoms with van der Waals surface area (Å²) in [5.41, 5.74) is 8.77. The number of carbonyl (C=O) groups is 1. The topological polar surface area (TPSA) is 94.2 Å². The van der Waals surface area contributed by atoms with Crippen molar-refractivity contribution in [1.82, 2.24) is 19.9 Å². The predicted octanol–water partition coefficient (Wildman–Crippen LogP) is 3.14. The Kier molecular flexibility index (Phi) is 5.09. The molecule has 7 nitrogen and oxygen atoms in total. The van der Waals surface area contributed by atoms with Crippen LogP contribution in [0.1, 0.15) is 11.1 Å². The van der Waals surface area contributed by atoms with Gasteiger partial charge in [-0.05, 0) is 28.0 Å². The van der Waals surface area contributed by atoms with Gasteiger partial charge >= 0.3 is 0 Å². The van der Waals surface area contributed by atoms with Gasteiger partial charge in [-0.25, -0.2) is 4.98 Å². The zero-order valence-electron chi connectivity index (χ0n) is 15.4. The van der Waals surface area contributed by atoms with Crippen LogP contribution in [-0.2, 0) is 22.7 Å². The Bertz CT molecular complexity index is 1090. The van der Waals surface area contributed by atoms with E-state index >= 15 is 0 Å². The second-order valence-corrected chi connectivity index (χ2v) is 7.95. The van der Waals surface area contributed by atoms with Crippen molar-refractivity contribution in [1.29, 1.82) is 0 Å². The summed E-state index contributed by atoms with van der Waals surface area (Å²) < 4.78 is 5.64. The van der Waals surface area contributed by atoms with Gasteiger partial charge in [-0.1, -0.05) is 41.6 Å². The molecule has 0 saturated carbocycles. The number of carbonyl (C=O) groups excluding carboxylic acids is 1. The number of thioether (sulfide) groups is 1. The summed E-state index contributed by atoms with van der Waals surface area (Å²) in [4.78, 5) is 26.4. The van der Waals surface area contributed by atoms with Gasteiger partial charge in [-0.2, -0.15) is 9.97 Å². The number of nitrogen functional groups attached to an aromatic ring is 1. The standard InChI is InChI=1S/C19H18ClN5O2S/c1-25(2)14(26)9-28-19-23-17(22-18(21)24-19)16-12-5-3-4-10-7-27-8-11(15(10)12)6-13(16)20/h3-6H,7-9H2,1-2H3,(H2,21,22,23,24). The van der Waals surface area contributed by atoms with Gasteiger partial charge in [-0.3, -0.25) is 4.79 Å². The van der Waals surface area contributed by atoms with E-state index in [0.717, 1.165) is 21.9 Å². The highest BCUT2D eigenvalue weighted by Crippen LogP contribution is 2.39. The Morgan fingerprint density at radius 3 is 2.82 bits per heavy atom. The van der Waals surface area contributed by atoms with Gasteiger partial charge < -0.3 is 15.4 Å². The van der Waals surface area contributed by atoms with E-state index < -0.39 is 0 Å². The van der Waals surface area contributed by atoms with E-state index in [-0.39, 0.29) is 17.6 Å². The van der Waals surface area contributed by atoms with Crippen LogP contribution in [-0.4, -0.2) is 45.6 Å². The van der Waals surface area contributed by atoms with Gasteiger partial charge in [0.2, 0.25) is 11.9 Å². The van der Waals surface area contributed by atoms with E-state index in [1.807, 2.05) is 24.3 Å². The number of halogens is 1. The highest BCUT2D eigenvalue weighted by Gasteiger charge is 2.21. The molecule has 0 saturated heterocycles. The quantitative estimate of drug-likeness (QED) is 0.654. The third-order valence-electron chi connectivity index (χ3n) is 4.48. The molecule has 3 aromatic rings. The van der Waals surface area contributed by atoms with Crippen molar-refractivity contribution in [2.45, 2.75) is 18.4 Å². The lowest BCUT2D eigenvalue weighted by Gasteiger charge is -2.20. The van der Waals surface area contributed by atoms with Gasteiger partial charge in [0.1, 0.15) is 0 Å². The minimum absolute atomic E-state index is 0.0369. The normalized spacial score (nSPS) is 13.0. The van der Waals surface area contributed by atoms with E-state index in [1.165, 1.54) is 16.7 Å². The average Bonchev–Trinajstić information content (AvgIpc) is 2.66. The molecule has 0 aliphatic carbocycles. The number of benzene rings is 2. The highest BCUT2D eigenvalue weighted by atomic mass is 35.5. The Morgan fingerprint density at radius 1 is 1.25 bits per heavy atom. The smallest absolute Gasteiger partial charge is 0.232 e. The fraction of sp³-hybridized carbons (Fsp3) is 0.263. The molecule has 2 N–H and O–H groups in total. The Hall–Kier alpha value is -2.42. The number of anilines is 1. The van der Waals surface area contributed by atoms with E-state index in [1.54, 1.807) is 14.1 Å². The molecule has 0 unspecified atom stereocenters. The fourth-order valence-electron chi connectivity index (χ4n) is 3.15. The summed E-state index contributed by atoms with van der Waals surface area (Å²) in [6.45, 7) is 1.07. The zero-order valence-corrected chi connectivity index (χ0v) is 17.0. The maximum Gasteiger partial charge on any atom is 0.232 e. The number of nitrogens with zero attached hydrogens (tertiary/aromatic N) is 4. The van der Waals surface area contributed by atoms with Gasteiger partial charge in [0, 0.05) is 19.7 Å². The minimum Gasteiger partial charge on any atom is -0.372 e. The first-order valence-electron chi connectivity index (χ1n) is 8.59. The fourth-order valence-corrected chi connectivity index (χ4v) is 4.29. The van der Waals surface area contributed by atoms with Crippen molar-refractivity contribution >= 4 is 46.0 Å². The van der Waals surface area contributed by atoms with Crippen LogP contribution in [0, 0.1) is 0 Å². The van der Waals surface area contributed by atoms with Gasteiger partial charge in [0.25, 0.3) is 0 Å². The van der Waals surface area contributed by atoms with Gasteiger partial charge in [0.05, 0.1) is 24.0 Å². The van der Waals surface area contributed by atoms with Gasteiger partial charge in [0.15, 0.2) is 11.0 Å². The highest BCUT2D eigenvalue weighted by molar-refractivity contribution is 7.99. The lowest BCUT2D eigenvalue weighted by Crippen LogP contribution is -2.23. The molecule has 144 valence electrons. The third-order valence-corrected chi connectivity index (χ3v) is 5.61. The molecule has 2 heterocycles. The van der Waals surface area contributed by atoms with Crippen LogP contribution < -0.4 is 5.73 Å². The molecule has 4 rings (SSSR count). The summed E-state index contributed by atoms with van der Waals surface area (Å²) in [6.07, 6.45) is 0. The minimum atomic E-state index is -0.0369. The van der Waals surface area contributed by atoms with Crippen molar-refractivity contribution in [2.24, 2.45) is 0 Å². The molecular weight excluding hydrogens is 398 g/mol. The molecule has 2 aromatic carbocycles. The van der Waals surface area contributed by atoms with Crippen molar-refractivity contribution < 1.29 is 9.53 Å². The first kappa shape index (κ1) is 18.9. The average molecular weight is 416 g/mol. The van der Waals surface area contributed by atoms with Crippen LogP contribution in [0.5, 0.6) is 0 Å². The van der Waals surface area contributed by atoms with Crippen LogP contribution in [0.2, 0.25) is 5.02 Å². The summed E-state index contributed by atoms with van der Waals surface area (Å²) in [5.74, 6) is 0.660. The number of rotatable bonds is 4. The summed E-state index contributed by atoms with van der Waals surface area (Å²) in [6, 6.07) is 7.89. The molecule has 0 radical (unpaired) electrons. The molecule has 1 aliphatic rings. The number of aromatic nitrogens is 3. The summed E-state index contributed by atoms with van der Waals surface area (Å²) in [7, 11) is 3.41. The number of hydrogen-bond donors (Lipinski definition) is 1.